The molecule has 0 aromatic rings. The minimum atomic E-state index is -1.26. The summed E-state index contributed by atoms with van der Waals surface area (Å²) in [6.07, 6.45) is 7.87. The molecule has 5 unspecified atom stereocenters. The van der Waals surface area contributed by atoms with E-state index in [4.69, 9.17) is 10.2 Å². The predicted octanol–water partition coefficient (Wildman–Crippen LogP) is 1.13. The smallest absolute Gasteiger partial charge is 0.328 e. The molecule has 4 fully saturated rings. The van der Waals surface area contributed by atoms with Crippen LogP contribution >= 0.6 is 0 Å². The van der Waals surface area contributed by atoms with E-state index in [1.807, 2.05) is 0 Å². The van der Waals surface area contributed by atoms with Gasteiger partial charge in [0.2, 0.25) is 0 Å². The van der Waals surface area contributed by atoms with Crippen LogP contribution in [-0.4, -0.2) is 82.4 Å². The van der Waals surface area contributed by atoms with Gasteiger partial charge in [0, 0.05) is 44.9 Å². The van der Waals surface area contributed by atoms with E-state index < -0.39 is 11.9 Å². The zero-order chi connectivity index (χ0) is 19.6. The Labute approximate surface area is 160 Å². The van der Waals surface area contributed by atoms with Crippen LogP contribution in [0.2, 0.25) is 0 Å². The molecule has 4 aliphatic rings. The van der Waals surface area contributed by atoms with Gasteiger partial charge < -0.3 is 20.2 Å². The largest absolute Gasteiger partial charge is 0.478 e. The van der Waals surface area contributed by atoms with Gasteiger partial charge in [-0.25, -0.2) is 9.59 Å². The highest BCUT2D eigenvalue weighted by Gasteiger charge is 2.58. The molecule has 1 aliphatic heterocycles. The number of hydrogen-bond donors (Lipinski definition) is 3. The van der Waals surface area contributed by atoms with Crippen LogP contribution < -0.4 is 0 Å². The number of aliphatic carboxylic acids is 2. The SMILES string of the molecule is CN1CCN(CC2(O)C3CCC4CC(C3)CC42)CC1.O=C(O)/C=C\C(=O)O. The number of carboxylic acids is 2. The van der Waals surface area contributed by atoms with Crippen LogP contribution in [0, 0.1) is 23.7 Å². The molecule has 7 nitrogen and oxygen atoms in total. The Morgan fingerprint density at radius 3 is 2.22 bits per heavy atom. The van der Waals surface area contributed by atoms with Crippen LogP contribution in [0.25, 0.3) is 0 Å². The number of aliphatic hydroxyl groups is 1. The summed E-state index contributed by atoms with van der Waals surface area (Å²) >= 11 is 0. The van der Waals surface area contributed by atoms with Crippen LogP contribution in [-0.2, 0) is 9.59 Å². The van der Waals surface area contributed by atoms with Crippen LogP contribution in [0.5, 0.6) is 0 Å². The van der Waals surface area contributed by atoms with Gasteiger partial charge in [-0.05, 0) is 62.8 Å². The summed E-state index contributed by atoms with van der Waals surface area (Å²) in [4.78, 5) is 24.0. The molecule has 0 radical (unpaired) electrons. The minimum absolute atomic E-state index is 0.341. The second-order valence-corrected chi connectivity index (χ2v) is 8.79. The lowest BCUT2D eigenvalue weighted by molar-refractivity contribution is -0.141. The molecule has 7 heteroatoms. The third kappa shape index (κ3) is 4.70. The highest BCUT2D eigenvalue weighted by molar-refractivity contribution is 5.89. The van der Waals surface area contributed by atoms with Gasteiger partial charge in [0.15, 0.2) is 0 Å². The number of fused-ring (bicyclic) bond motifs is 2. The van der Waals surface area contributed by atoms with Gasteiger partial charge >= 0.3 is 11.9 Å². The van der Waals surface area contributed by atoms with Crippen molar-refractivity contribution in [3.63, 3.8) is 0 Å². The van der Waals surface area contributed by atoms with E-state index >= 15 is 0 Å². The lowest BCUT2D eigenvalue weighted by atomic mass is 9.61. The summed E-state index contributed by atoms with van der Waals surface area (Å²) in [7, 11) is 2.20. The maximum Gasteiger partial charge on any atom is 0.328 e. The van der Waals surface area contributed by atoms with Gasteiger partial charge in [0.1, 0.15) is 0 Å². The predicted molar refractivity (Wildman–Crippen MR) is 100 cm³/mol. The summed E-state index contributed by atoms with van der Waals surface area (Å²) in [5.74, 6) is 0.524. The van der Waals surface area contributed by atoms with E-state index in [0.29, 0.717) is 24.0 Å². The maximum atomic E-state index is 11.4. The van der Waals surface area contributed by atoms with Gasteiger partial charge in [-0.15, -0.1) is 0 Å². The standard InChI is InChI=1S/C16H28N2O.C4H4O4/c1-17-4-6-18(7-5-17)11-16(19)14-3-2-13-8-12(9-14)10-15(13)16;5-3(6)1-2-4(7)8/h12-15,19H,2-11H2,1H3;1-2H,(H,5,6)(H,7,8)/b;2-1-. The Morgan fingerprint density at radius 1 is 1.00 bits per heavy atom. The van der Waals surface area contributed by atoms with Crippen LogP contribution in [0.4, 0.5) is 0 Å². The Hall–Kier alpha value is -1.44. The molecule has 0 aromatic heterocycles. The average Bonchev–Trinajstić information content (AvgIpc) is 2.85. The third-order valence-corrected chi connectivity index (χ3v) is 7.09. The first-order chi connectivity index (χ1) is 12.8. The van der Waals surface area contributed by atoms with Gasteiger partial charge in [0.05, 0.1) is 5.60 Å². The molecule has 0 aromatic carbocycles. The third-order valence-electron chi connectivity index (χ3n) is 7.09. The van der Waals surface area contributed by atoms with Gasteiger partial charge in [-0.1, -0.05) is 0 Å². The summed E-state index contributed by atoms with van der Waals surface area (Å²) in [6, 6.07) is 0. The molecule has 3 bridgehead atoms. The number of carbonyl (C=O) groups is 2. The molecular weight excluding hydrogens is 348 g/mol. The van der Waals surface area contributed by atoms with E-state index in [1.54, 1.807) is 0 Å². The molecule has 1 heterocycles. The summed E-state index contributed by atoms with van der Waals surface area (Å²) in [6.45, 7) is 5.58. The van der Waals surface area contributed by atoms with Gasteiger partial charge in [-0.2, -0.15) is 0 Å². The highest BCUT2D eigenvalue weighted by atomic mass is 16.4. The first-order valence-electron chi connectivity index (χ1n) is 10.0. The fourth-order valence-electron chi connectivity index (χ4n) is 5.81. The van der Waals surface area contributed by atoms with Crippen molar-refractivity contribution in [1.82, 2.24) is 9.80 Å². The number of rotatable bonds is 4. The summed E-state index contributed by atoms with van der Waals surface area (Å²) in [5, 5.41) is 27.0. The van der Waals surface area contributed by atoms with Crippen molar-refractivity contribution < 1.29 is 24.9 Å². The van der Waals surface area contributed by atoms with Gasteiger partial charge in [0.25, 0.3) is 0 Å². The number of nitrogens with zero attached hydrogens (tertiary/aromatic N) is 2. The van der Waals surface area contributed by atoms with Crippen molar-refractivity contribution in [2.45, 2.75) is 37.7 Å². The van der Waals surface area contributed by atoms with Crippen LogP contribution in [0.1, 0.15) is 32.1 Å². The molecule has 3 aliphatic carbocycles. The Bertz CT molecular complexity index is 571. The van der Waals surface area contributed by atoms with Crippen molar-refractivity contribution in [1.29, 1.82) is 0 Å². The topological polar surface area (TPSA) is 101 Å². The molecule has 0 spiro atoms. The monoisotopic (exact) mass is 380 g/mol. The van der Waals surface area contributed by atoms with E-state index in [-0.39, 0.29) is 5.60 Å². The second kappa shape index (κ2) is 8.29. The number of piperazine rings is 1. The molecule has 0 amide bonds. The van der Waals surface area contributed by atoms with E-state index in [9.17, 15) is 14.7 Å². The van der Waals surface area contributed by atoms with Crippen molar-refractivity contribution in [2.24, 2.45) is 23.7 Å². The summed E-state index contributed by atoms with van der Waals surface area (Å²) < 4.78 is 0. The number of carboxylic acid groups (broad SMARTS) is 2. The van der Waals surface area contributed by atoms with Crippen molar-refractivity contribution in [3.05, 3.63) is 12.2 Å². The van der Waals surface area contributed by atoms with Crippen molar-refractivity contribution in [2.75, 3.05) is 39.8 Å². The molecule has 3 saturated carbocycles. The molecule has 5 atom stereocenters. The van der Waals surface area contributed by atoms with Crippen molar-refractivity contribution in [3.8, 4) is 0 Å². The Morgan fingerprint density at radius 2 is 1.63 bits per heavy atom. The maximum absolute atomic E-state index is 11.4. The molecule has 3 N–H and O–H groups in total. The molecule has 152 valence electrons. The number of hydrogen-bond acceptors (Lipinski definition) is 5. The lowest BCUT2D eigenvalue weighted by Gasteiger charge is -2.52. The van der Waals surface area contributed by atoms with Crippen LogP contribution in [0.15, 0.2) is 12.2 Å². The Balaban J connectivity index is 0.000000226. The second-order valence-electron chi connectivity index (χ2n) is 8.79. The van der Waals surface area contributed by atoms with Gasteiger partial charge in [-0.3, -0.25) is 4.90 Å². The molecule has 4 rings (SSSR count). The first kappa shape index (κ1) is 20.3. The van der Waals surface area contributed by atoms with Crippen molar-refractivity contribution >= 4 is 11.9 Å². The average molecular weight is 380 g/mol. The number of β-amino-alcohol motifs (C(OH)–C–C–N with tert-alkyl or cyclic N) is 1. The minimum Gasteiger partial charge on any atom is -0.478 e. The van der Waals surface area contributed by atoms with Crippen LogP contribution in [0.3, 0.4) is 0 Å². The number of likely N-dealkylation sites (N-methyl/N-ethyl adjacent to an activating group) is 1. The van der Waals surface area contributed by atoms with E-state index in [0.717, 1.165) is 44.6 Å². The summed E-state index contributed by atoms with van der Waals surface area (Å²) in [5.41, 5.74) is -0.341. The van der Waals surface area contributed by atoms with E-state index in [1.165, 1.54) is 32.1 Å². The fraction of sp³-hybridized carbons (Fsp3) is 0.800. The van der Waals surface area contributed by atoms with E-state index in [2.05, 4.69) is 16.8 Å². The zero-order valence-electron chi connectivity index (χ0n) is 16.1. The molecule has 27 heavy (non-hydrogen) atoms. The Kier molecular flexibility index (Phi) is 6.23. The first-order valence-corrected chi connectivity index (χ1v) is 10.0. The quantitative estimate of drug-likeness (QED) is 0.629. The lowest BCUT2D eigenvalue weighted by Crippen LogP contribution is -2.60. The fourth-order valence-corrected chi connectivity index (χ4v) is 5.81. The zero-order valence-corrected chi connectivity index (χ0v) is 16.1. The molecular formula is C20H32N2O5. The highest BCUT2D eigenvalue weighted by Crippen LogP contribution is 2.59. The normalized spacial score (nSPS) is 38.6. The molecule has 1 saturated heterocycles.